The molecular formula is C17H14BrN3O5. The van der Waals surface area contributed by atoms with Crippen LogP contribution in [-0.2, 0) is 9.53 Å². The van der Waals surface area contributed by atoms with Gasteiger partial charge in [-0.05, 0) is 23.8 Å². The summed E-state index contributed by atoms with van der Waals surface area (Å²) in [7, 11) is 1.25. The first-order valence-electron chi connectivity index (χ1n) is 7.27. The summed E-state index contributed by atoms with van der Waals surface area (Å²) in [6, 6.07) is 12.2. The van der Waals surface area contributed by atoms with Crippen molar-refractivity contribution in [2.24, 2.45) is 0 Å². The number of rotatable bonds is 6. The minimum absolute atomic E-state index is 0.0992. The number of nitrogens with one attached hydrogen (secondary N) is 2. The Balaban J connectivity index is 2.15. The summed E-state index contributed by atoms with van der Waals surface area (Å²) in [5.41, 5.74) is 5.53. The highest BCUT2D eigenvalue weighted by Gasteiger charge is 2.14. The Morgan fingerprint density at radius 1 is 1.15 bits per heavy atom. The molecule has 1 amide bonds. The van der Waals surface area contributed by atoms with E-state index in [4.69, 9.17) is 4.74 Å². The summed E-state index contributed by atoms with van der Waals surface area (Å²) >= 11 is 3.32. The van der Waals surface area contributed by atoms with E-state index >= 15 is 0 Å². The van der Waals surface area contributed by atoms with Crippen molar-refractivity contribution in [3.05, 3.63) is 80.4 Å². The molecule has 2 rings (SSSR count). The van der Waals surface area contributed by atoms with E-state index in [9.17, 15) is 19.7 Å². The number of carbonyl (C=O) groups excluding carboxylic acids is 2. The number of hydrogen-bond donors (Lipinski definition) is 2. The van der Waals surface area contributed by atoms with E-state index in [1.807, 2.05) is 0 Å². The molecule has 0 saturated heterocycles. The predicted molar refractivity (Wildman–Crippen MR) is 97.8 cm³/mol. The van der Waals surface area contributed by atoms with Crippen LogP contribution >= 0.6 is 15.9 Å². The summed E-state index contributed by atoms with van der Waals surface area (Å²) < 4.78 is 5.51. The van der Waals surface area contributed by atoms with Crippen molar-refractivity contribution in [3.8, 4) is 0 Å². The van der Waals surface area contributed by atoms with Gasteiger partial charge in [0.15, 0.2) is 0 Å². The van der Waals surface area contributed by atoms with Gasteiger partial charge in [-0.25, -0.2) is 4.79 Å². The van der Waals surface area contributed by atoms with E-state index in [2.05, 4.69) is 26.8 Å². The van der Waals surface area contributed by atoms with Crippen molar-refractivity contribution in [1.29, 1.82) is 0 Å². The molecule has 0 radical (unpaired) electrons. The predicted octanol–water partition coefficient (Wildman–Crippen LogP) is 2.81. The molecule has 2 aromatic carbocycles. The highest BCUT2D eigenvalue weighted by molar-refractivity contribution is 9.10. The summed E-state index contributed by atoms with van der Waals surface area (Å²) in [5.74, 6) is -1.19. The molecular weight excluding hydrogens is 406 g/mol. The van der Waals surface area contributed by atoms with E-state index in [0.29, 0.717) is 5.56 Å². The third-order valence-corrected chi connectivity index (χ3v) is 3.76. The SMILES string of the molecule is COC(=O)/C(=C/NNC(=O)c1cccc([N+](=O)[O-])c1)c1cccc(Br)c1. The number of non-ortho nitro benzene ring substituents is 1. The molecule has 0 aliphatic heterocycles. The largest absolute Gasteiger partial charge is 0.465 e. The molecule has 0 spiro atoms. The number of hydrazine groups is 1. The average molecular weight is 420 g/mol. The van der Waals surface area contributed by atoms with Crippen LogP contribution in [0.4, 0.5) is 5.69 Å². The van der Waals surface area contributed by atoms with Crippen molar-refractivity contribution in [1.82, 2.24) is 10.9 Å². The Morgan fingerprint density at radius 3 is 2.50 bits per heavy atom. The van der Waals surface area contributed by atoms with Crippen LogP contribution in [0.1, 0.15) is 15.9 Å². The molecule has 2 aromatic rings. The van der Waals surface area contributed by atoms with Gasteiger partial charge in [0.25, 0.3) is 11.6 Å². The van der Waals surface area contributed by atoms with Crippen LogP contribution in [0.3, 0.4) is 0 Å². The molecule has 26 heavy (non-hydrogen) atoms. The van der Waals surface area contributed by atoms with Gasteiger partial charge in [-0.15, -0.1) is 0 Å². The first-order valence-corrected chi connectivity index (χ1v) is 8.06. The van der Waals surface area contributed by atoms with Gasteiger partial charge in [-0.1, -0.05) is 34.1 Å². The molecule has 9 heteroatoms. The lowest BCUT2D eigenvalue weighted by Crippen LogP contribution is -2.34. The first-order chi connectivity index (χ1) is 12.4. The molecule has 8 nitrogen and oxygen atoms in total. The Bertz CT molecular complexity index is 882. The van der Waals surface area contributed by atoms with E-state index in [1.54, 1.807) is 24.3 Å². The summed E-state index contributed by atoms with van der Waals surface area (Å²) in [4.78, 5) is 34.2. The standard InChI is InChI=1S/C17H14BrN3O5/c1-26-17(23)15(11-4-2-6-13(18)8-11)10-19-20-16(22)12-5-3-7-14(9-12)21(24)25/h2-10,19H,1H3,(H,20,22)/b15-10+. The van der Waals surface area contributed by atoms with Gasteiger partial charge in [0.1, 0.15) is 0 Å². The molecule has 0 fully saturated rings. The number of nitro groups is 1. The normalized spacial score (nSPS) is 10.8. The Hall–Kier alpha value is -3.20. The van der Waals surface area contributed by atoms with Crippen LogP contribution in [0.5, 0.6) is 0 Å². The first kappa shape index (κ1) is 19.1. The number of amides is 1. The molecule has 0 unspecified atom stereocenters. The number of ether oxygens (including phenoxy) is 1. The lowest BCUT2D eigenvalue weighted by molar-refractivity contribution is -0.384. The fourth-order valence-electron chi connectivity index (χ4n) is 2.03. The zero-order valence-corrected chi connectivity index (χ0v) is 15.1. The van der Waals surface area contributed by atoms with Crippen molar-refractivity contribution >= 4 is 39.1 Å². The van der Waals surface area contributed by atoms with Crippen LogP contribution in [0.2, 0.25) is 0 Å². The van der Waals surface area contributed by atoms with Crippen LogP contribution in [-0.4, -0.2) is 23.9 Å². The van der Waals surface area contributed by atoms with Crippen molar-refractivity contribution < 1.29 is 19.2 Å². The number of hydrogen-bond acceptors (Lipinski definition) is 6. The number of nitrogens with zero attached hydrogens (tertiary/aromatic N) is 1. The molecule has 2 N–H and O–H groups in total. The highest BCUT2D eigenvalue weighted by atomic mass is 79.9. The fourth-order valence-corrected chi connectivity index (χ4v) is 2.43. The van der Waals surface area contributed by atoms with Gasteiger partial charge in [0.05, 0.1) is 17.6 Å². The van der Waals surface area contributed by atoms with Gasteiger partial charge in [0.2, 0.25) is 0 Å². The van der Waals surface area contributed by atoms with Crippen molar-refractivity contribution in [2.75, 3.05) is 7.11 Å². The lowest BCUT2D eigenvalue weighted by Gasteiger charge is -2.09. The molecule has 0 atom stereocenters. The maximum absolute atomic E-state index is 12.1. The smallest absolute Gasteiger partial charge is 0.340 e. The molecule has 0 heterocycles. The number of benzene rings is 2. The van der Waals surface area contributed by atoms with Crippen LogP contribution in [0, 0.1) is 10.1 Å². The van der Waals surface area contributed by atoms with E-state index in [-0.39, 0.29) is 16.8 Å². The molecule has 134 valence electrons. The minimum atomic E-state index is -0.597. The molecule has 0 aromatic heterocycles. The van der Waals surface area contributed by atoms with Gasteiger partial charge >= 0.3 is 5.97 Å². The zero-order chi connectivity index (χ0) is 19.1. The molecule has 0 aliphatic rings. The minimum Gasteiger partial charge on any atom is -0.465 e. The second-order valence-corrected chi connectivity index (χ2v) is 5.88. The van der Waals surface area contributed by atoms with Crippen LogP contribution in [0.25, 0.3) is 5.57 Å². The number of nitro benzene ring substituents is 1. The average Bonchev–Trinajstić information content (AvgIpc) is 2.64. The fraction of sp³-hybridized carbons (Fsp3) is 0.0588. The molecule has 0 aliphatic carbocycles. The van der Waals surface area contributed by atoms with Gasteiger partial charge in [-0.2, -0.15) is 0 Å². The Kier molecular flexibility index (Phi) is 6.45. The second kappa shape index (κ2) is 8.77. The number of halogens is 1. The quantitative estimate of drug-likeness (QED) is 0.322. The van der Waals surface area contributed by atoms with Crippen molar-refractivity contribution in [2.45, 2.75) is 0 Å². The lowest BCUT2D eigenvalue weighted by atomic mass is 10.1. The van der Waals surface area contributed by atoms with Crippen LogP contribution in [0.15, 0.2) is 59.2 Å². The van der Waals surface area contributed by atoms with Gasteiger partial charge < -0.3 is 10.2 Å². The highest BCUT2D eigenvalue weighted by Crippen LogP contribution is 2.20. The Labute approximate surface area is 157 Å². The van der Waals surface area contributed by atoms with E-state index in [1.165, 1.54) is 31.5 Å². The third kappa shape index (κ3) is 4.90. The zero-order valence-electron chi connectivity index (χ0n) is 13.6. The molecule has 0 saturated carbocycles. The number of esters is 1. The Morgan fingerprint density at radius 2 is 1.85 bits per heavy atom. The third-order valence-electron chi connectivity index (χ3n) is 3.26. The van der Waals surface area contributed by atoms with Gasteiger partial charge in [0, 0.05) is 28.4 Å². The summed E-state index contributed by atoms with van der Waals surface area (Å²) in [6.45, 7) is 0. The van der Waals surface area contributed by atoms with E-state index in [0.717, 1.165) is 10.5 Å². The van der Waals surface area contributed by atoms with Crippen LogP contribution < -0.4 is 10.9 Å². The second-order valence-electron chi connectivity index (χ2n) is 4.97. The maximum atomic E-state index is 12.1. The summed E-state index contributed by atoms with van der Waals surface area (Å²) in [5, 5.41) is 10.8. The van der Waals surface area contributed by atoms with E-state index < -0.39 is 16.8 Å². The van der Waals surface area contributed by atoms with Gasteiger partial charge in [-0.3, -0.25) is 20.3 Å². The summed E-state index contributed by atoms with van der Waals surface area (Å²) in [6.07, 6.45) is 1.28. The number of carbonyl (C=O) groups is 2. The molecule has 0 bridgehead atoms. The van der Waals surface area contributed by atoms with Crippen molar-refractivity contribution in [3.63, 3.8) is 0 Å². The number of methoxy groups -OCH3 is 1. The topological polar surface area (TPSA) is 111 Å². The monoisotopic (exact) mass is 419 g/mol. The maximum Gasteiger partial charge on any atom is 0.340 e.